The van der Waals surface area contributed by atoms with Crippen LogP contribution in [-0.4, -0.2) is 31.1 Å². The Kier molecular flexibility index (Phi) is 3.32. The Hall–Kier alpha value is -3.06. The molecule has 112 valence electrons. The fourth-order valence-electron chi connectivity index (χ4n) is 2.40. The van der Waals surface area contributed by atoms with Gasteiger partial charge in [-0.15, -0.1) is 0 Å². The SMILES string of the molecule is S=c1[nH]nc(-c2cccnc2)n1/N=C\c1c[nH]c2ccccc12. The summed E-state index contributed by atoms with van der Waals surface area (Å²) in [5.74, 6) is 0.624. The average molecular weight is 320 g/mol. The van der Waals surface area contributed by atoms with Gasteiger partial charge in [0.25, 0.3) is 0 Å². The number of benzene rings is 1. The zero-order chi connectivity index (χ0) is 15.6. The van der Waals surface area contributed by atoms with E-state index in [1.54, 1.807) is 23.3 Å². The monoisotopic (exact) mass is 320 g/mol. The molecule has 4 rings (SSSR count). The van der Waals surface area contributed by atoms with Crippen molar-refractivity contribution in [2.24, 2.45) is 5.10 Å². The molecule has 7 heteroatoms. The molecule has 1 aromatic carbocycles. The number of H-pyrrole nitrogens is 2. The average Bonchev–Trinajstić information content (AvgIpc) is 3.17. The minimum absolute atomic E-state index is 0.431. The number of fused-ring (bicyclic) bond motifs is 1. The lowest BCUT2D eigenvalue weighted by Gasteiger charge is -1.99. The van der Waals surface area contributed by atoms with E-state index in [-0.39, 0.29) is 0 Å². The number of hydrogen-bond donors (Lipinski definition) is 2. The van der Waals surface area contributed by atoms with Crippen LogP contribution >= 0.6 is 12.2 Å². The Morgan fingerprint density at radius 2 is 2.09 bits per heavy atom. The van der Waals surface area contributed by atoms with E-state index in [4.69, 9.17) is 12.2 Å². The lowest BCUT2D eigenvalue weighted by molar-refractivity contribution is 0.871. The van der Waals surface area contributed by atoms with Gasteiger partial charge in [0.2, 0.25) is 4.77 Å². The van der Waals surface area contributed by atoms with E-state index in [1.807, 2.05) is 42.6 Å². The van der Waals surface area contributed by atoms with Crippen molar-refractivity contribution in [3.63, 3.8) is 0 Å². The second-order valence-electron chi connectivity index (χ2n) is 4.94. The molecule has 0 aliphatic rings. The quantitative estimate of drug-likeness (QED) is 0.449. The number of para-hydroxylation sites is 1. The van der Waals surface area contributed by atoms with Crippen molar-refractivity contribution in [2.75, 3.05) is 0 Å². The number of aromatic nitrogens is 5. The van der Waals surface area contributed by atoms with E-state index in [1.165, 1.54) is 0 Å². The highest BCUT2D eigenvalue weighted by atomic mass is 32.1. The summed E-state index contributed by atoms with van der Waals surface area (Å²) in [4.78, 5) is 7.32. The molecular formula is C16H12N6S. The second kappa shape index (κ2) is 5.62. The van der Waals surface area contributed by atoms with Crippen molar-refractivity contribution in [1.29, 1.82) is 0 Å². The molecule has 0 atom stereocenters. The van der Waals surface area contributed by atoms with Crippen LogP contribution in [0.4, 0.5) is 0 Å². The van der Waals surface area contributed by atoms with Crippen LogP contribution in [0.2, 0.25) is 0 Å². The standard InChI is InChI=1S/C16H12N6S/c23-16-21-20-15(11-4-3-7-17-8-11)22(16)19-10-12-9-18-14-6-2-1-5-13(12)14/h1-10,18H,(H,21,23)/b19-10-. The highest BCUT2D eigenvalue weighted by Crippen LogP contribution is 2.18. The molecule has 0 bridgehead atoms. The number of rotatable bonds is 3. The molecule has 0 radical (unpaired) electrons. The summed E-state index contributed by atoms with van der Waals surface area (Å²) in [6.07, 6.45) is 7.12. The van der Waals surface area contributed by atoms with Gasteiger partial charge in [0.15, 0.2) is 5.82 Å². The summed E-state index contributed by atoms with van der Waals surface area (Å²) in [6, 6.07) is 11.8. The minimum atomic E-state index is 0.431. The summed E-state index contributed by atoms with van der Waals surface area (Å²) >= 11 is 5.27. The molecule has 0 saturated heterocycles. The van der Waals surface area contributed by atoms with Crippen molar-refractivity contribution in [3.05, 3.63) is 65.3 Å². The third-order valence-corrected chi connectivity index (χ3v) is 3.77. The largest absolute Gasteiger partial charge is 0.361 e. The Morgan fingerprint density at radius 1 is 1.17 bits per heavy atom. The first-order valence-electron chi connectivity index (χ1n) is 7.01. The summed E-state index contributed by atoms with van der Waals surface area (Å²) in [6.45, 7) is 0. The van der Waals surface area contributed by atoms with Crippen LogP contribution in [0.15, 0.2) is 60.1 Å². The van der Waals surface area contributed by atoms with Gasteiger partial charge < -0.3 is 4.98 Å². The van der Waals surface area contributed by atoms with E-state index in [0.29, 0.717) is 10.6 Å². The van der Waals surface area contributed by atoms with Gasteiger partial charge in [0.05, 0.1) is 6.21 Å². The Bertz CT molecular complexity index is 1040. The molecule has 0 unspecified atom stereocenters. The molecule has 3 heterocycles. The normalized spacial score (nSPS) is 11.5. The number of nitrogens with one attached hydrogen (secondary N) is 2. The molecule has 0 amide bonds. The molecule has 0 saturated carbocycles. The lowest BCUT2D eigenvalue weighted by atomic mass is 10.2. The summed E-state index contributed by atoms with van der Waals surface area (Å²) in [5.41, 5.74) is 2.90. The van der Waals surface area contributed by atoms with Gasteiger partial charge in [-0.3, -0.25) is 4.98 Å². The number of nitrogens with zero attached hydrogens (tertiary/aromatic N) is 4. The highest BCUT2D eigenvalue weighted by molar-refractivity contribution is 7.71. The molecule has 6 nitrogen and oxygen atoms in total. The van der Waals surface area contributed by atoms with Crippen LogP contribution in [0.5, 0.6) is 0 Å². The molecular weight excluding hydrogens is 308 g/mol. The first-order chi connectivity index (χ1) is 11.3. The zero-order valence-corrected chi connectivity index (χ0v) is 12.8. The van der Waals surface area contributed by atoms with Crippen molar-refractivity contribution >= 4 is 29.3 Å². The van der Waals surface area contributed by atoms with Gasteiger partial charge in [-0.05, 0) is 30.4 Å². The number of pyridine rings is 1. The van der Waals surface area contributed by atoms with Crippen molar-refractivity contribution in [2.45, 2.75) is 0 Å². The third-order valence-electron chi connectivity index (χ3n) is 3.50. The first kappa shape index (κ1) is 13.6. The lowest BCUT2D eigenvalue weighted by Crippen LogP contribution is -1.95. The molecule has 0 fully saturated rings. The number of hydrogen-bond acceptors (Lipinski definition) is 4. The van der Waals surface area contributed by atoms with E-state index in [0.717, 1.165) is 22.0 Å². The summed E-state index contributed by atoms with van der Waals surface area (Å²) in [7, 11) is 0. The van der Waals surface area contributed by atoms with Crippen LogP contribution < -0.4 is 0 Å². The maximum Gasteiger partial charge on any atom is 0.216 e. The molecule has 0 aliphatic carbocycles. The van der Waals surface area contributed by atoms with Gasteiger partial charge in [-0.1, -0.05) is 18.2 Å². The smallest absolute Gasteiger partial charge is 0.216 e. The van der Waals surface area contributed by atoms with Gasteiger partial charge in [0.1, 0.15) is 0 Å². The molecule has 23 heavy (non-hydrogen) atoms. The molecule has 0 aliphatic heterocycles. The van der Waals surface area contributed by atoms with Gasteiger partial charge >= 0.3 is 0 Å². The van der Waals surface area contributed by atoms with Gasteiger partial charge in [-0.2, -0.15) is 14.9 Å². The predicted octanol–water partition coefficient (Wildman–Crippen LogP) is 3.37. The van der Waals surface area contributed by atoms with Crippen LogP contribution in [0.25, 0.3) is 22.3 Å². The topological polar surface area (TPSA) is 74.7 Å². The first-order valence-corrected chi connectivity index (χ1v) is 7.42. The van der Waals surface area contributed by atoms with E-state index < -0.39 is 0 Å². The van der Waals surface area contributed by atoms with Crippen LogP contribution in [0, 0.1) is 4.77 Å². The number of aromatic amines is 2. The fraction of sp³-hybridized carbons (Fsp3) is 0. The Balaban J connectivity index is 1.78. The van der Waals surface area contributed by atoms with Crippen LogP contribution in [0.1, 0.15) is 5.56 Å². The maximum atomic E-state index is 5.27. The van der Waals surface area contributed by atoms with Crippen LogP contribution in [0.3, 0.4) is 0 Å². The van der Waals surface area contributed by atoms with Gasteiger partial charge in [-0.25, -0.2) is 5.10 Å². The van der Waals surface area contributed by atoms with Gasteiger partial charge in [0, 0.05) is 40.6 Å². The molecule has 2 N–H and O–H groups in total. The van der Waals surface area contributed by atoms with E-state index >= 15 is 0 Å². The fourth-order valence-corrected chi connectivity index (χ4v) is 2.58. The summed E-state index contributed by atoms with van der Waals surface area (Å²) < 4.78 is 2.02. The highest BCUT2D eigenvalue weighted by Gasteiger charge is 2.08. The van der Waals surface area contributed by atoms with E-state index in [9.17, 15) is 0 Å². The van der Waals surface area contributed by atoms with Crippen LogP contribution in [-0.2, 0) is 0 Å². The van der Waals surface area contributed by atoms with Crippen molar-refractivity contribution in [1.82, 2.24) is 24.8 Å². The summed E-state index contributed by atoms with van der Waals surface area (Å²) in [5, 5.41) is 12.6. The van der Waals surface area contributed by atoms with Crippen molar-refractivity contribution in [3.8, 4) is 11.4 Å². The maximum absolute atomic E-state index is 5.27. The molecule has 4 aromatic rings. The van der Waals surface area contributed by atoms with E-state index in [2.05, 4.69) is 25.3 Å². The Labute approximate surface area is 136 Å². The molecule has 3 aromatic heterocycles. The molecule has 0 spiro atoms. The minimum Gasteiger partial charge on any atom is -0.361 e. The predicted molar refractivity (Wildman–Crippen MR) is 91.9 cm³/mol. The Morgan fingerprint density at radius 3 is 2.96 bits per heavy atom. The second-order valence-corrected chi connectivity index (χ2v) is 5.33. The zero-order valence-electron chi connectivity index (χ0n) is 12.0. The third kappa shape index (κ3) is 2.47. The van der Waals surface area contributed by atoms with Crippen molar-refractivity contribution < 1.29 is 0 Å².